The first-order valence-corrected chi connectivity index (χ1v) is 5.84. The van der Waals surface area contributed by atoms with Crippen LogP contribution < -0.4 is 11.2 Å². The summed E-state index contributed by atoms with van der Waals surface area (Å²) in [6, 6.07) is 8.36. The summed E-state index contributed by atoms with van der Waals surface area (Å²) in [5.74, 6) is -2.29. The Kier molecular flexibility index (Phi) is 3.50. The quantitative estimate of drug-likeness (QED) is 0.879. The number of halogens is 1. The van der Waals surface area contributed by atoms with E-state index in [0.717, 1.165) is 10.1 Å². The number of H-pyrrole nitrogens is 1. The summed E-state index contributed by atoms with van der Waals surface area (Å²) in [4.78, 5) is 24.7. The number of hydrogen-bond donors (Lipinski definition) is 2. The van der Waals surface area contributed by atoms with E-state index in [2.05, 4.69) is 0 Å². The third-order valence-electron chi connectivity index (χ3n) is 2.95. The highest BCUT2D eigenvalue weighted by Gasteiger charge is 2.21. The molecule has 0 aliphatic rings. The number of nitrogens with one attached hydrogen (secondary N) is 1. The molecule has 0 spiro atoms. The van der Waals surface area contributed by atoms with Gasteiger partial charge in [0.2, 0.25) is 11.7 Å². The molecule has 2 rings (SSSR count). The first-order chi connectivity index (χ1) is 9.06. The van der Waals surface area contributed by atoms with Crippen molar-refractivity contribution in [2.24, 2.45) is 0 Å². The van der Waals surface area contributed by atoms with Crippen molar-refractivity contribution in [3.63, 3.8) is 0 Å². The second kappa shape index (κ2) is 5.09. The molecule has 2 N–H and O–H groups in total. The molecule has 0 saturated carbocycles. The Hall–Kier alpha value is -2.37. The molecule has 0 aliphatic heterocycles. The third-order valence-corrected chi connectivity index (χ3v) is 2.95. The number of benzene rings is 1. The number of hydrogen-bond acceptors (Lipinski definition) is 3. The van der Waals surface area contributed by atoms with E-state index in [0.29, 0.717) is 6.42 Å². The van der Waals surface area contributed by atoms with E-state index in [1.807, 2.05) is 11.1 Å². The summed E-state index contributed by atoms with van der Waals surface area (Å²) in [5.41, 5.74) is -1.31. The fourth-order valence-corrected chi connectivity index (χ4v) is 2.05. The van der Waals surface area contributed by atoms with Crippen molar-refractivity contribution >= 4 is 0 Å². The van der Waals surface area contributed by atoms with Crippen LogP contribution in [0.5, 0.6) is 5.88 Å². The van der Waals surface area contributed by atoms with Crippen LogP contribution in [0, 0.1) is 5.82 Å². The van der Waals surface area contributed by atoms with Gasteiger partial charge in [-0.1, -0.05) is 37.3 Å². The molecule has 5 nitrogen and oxygen atoms in total. The van der Waals surface area contributed by atoms with Gasteiger partial charge in [-0.3, -0.25) is 14.3 Å². The summed E-state index contributed by atoms with van der Waals surface area (Å²) in [6.45, 7) is 1.80. The van der Waals surface area contributed by atoms with Crippen molar-refractivity contribution in [3.05, 3.63) is 62.6 Å². The zero-order valence-electron chi connectivity index (χ0n) is 10.3. The van der Waals surface area contributed by atoms with Gasteiger partial charge in [-0.15, -0.1) is 0 Å². The zero-order valence-corrected chi connectivity index (χ0v) is 10.3. The van der Waals surface area contributed by atoms with E-state index in [1.165, 1.54) is 0 Å². The number of aromatic amines is 1. The van der Waals surface area contributed by atoms with Crippen LogP contribution in [-0.4, -0.2) is 14.7 Å². The minimum atomic E-state index is -1.35. The molecule has 100 valence electrons. The summed E-state index contributed by atoms with van der Waals surface area (Å²) >= 11 is 0. The van der Waals surface area contributed by atoms with Crippen molar-refractivity contribution in [1.29, 1.82) is 0 Å². The largest absolute Gasteiger partial charge is 0.492 e. The van der Waals surface area contributed by atoms with Crippen LogP contribution in [0.15, 0.2) is 39.9 Å². The van der Waals surface area contributed by atoms with Crippen LogP contribution in [0.2, 0.25) is 0 Å². The van der Waals surface area contributed by atoms with Crippen LogP contribution in [0.25, 0.3) is 0 Å². The van der Waals surface area contributed by atoms with Gasteiger partial charge in [-0.25, -0.2) is 4.79 Å². The molecule has 0 aliphatic carbocycles. The summed E-state index contributed by atoms with van der Waals surface area (Å²) in [6.07, 6.45) is 0.461. The molecule has 6 heteroatoms. The van der Waals surface area contributed by atoms with Gasteiger partial charge < -0.3 is 5.11 Å². The summed E-state index contributed by atoms with van der Waals surface area (Å²) < 4.78 is 14.3. The van der Waals surface area contributed by atoms with E-state index < -0.39 is 29.0 Å². The van der Waals surface area contributed by atoms with Gasteiger partial charge in [0, 0.05) is 0 Å². The molecule has 0 amide bonds. The van der Waals surface area contributed by atoms with E-state index in [4.69, 9.17) is 0 Å². The maximum atomic E-state index is 13.4. The van der Waals surface area contributed by atoms with Crippen molar-refractivity contribution < 1.29 is 9.50 Å². The Morgan fingerprint density at radius 2 is 1.95 bits per heavy atom. The lowest BCUT2D eigenvalue weighted by Crippen LogP contribution is -2.34. The smallest absolute Gasteiger partial charge is 0.331 e. The van der Waals surface area contributed by atoms with Gasteiger partial charge in [0.1, 0.15) is 0 Å². The van der Waals surface area contributed by atoms with Gasteiger partial charge >= 0.3 is 5.69 Å². The average Bonchev–Trinajstić information content (AvgIpc) is 2.42. The van der Waals surface area contributed by atoms with Gasteiger partial charge in [-0.05, 0) is 12.0 Å². The van der Waals surface area contributed by atoms with Crippen molar-refractivity contribution in [2.45, 2.75) is 19.4 Å². The van der Waals surface area contributed by atoms with Crippen molar-refractivity contribution in [1.82, 2.24) is 9.55 Å². The lowest BCUT2D eigenvalue weighted by atomic mass is 10.0. The van der Waals surface area contributed by atoms with Crippen LogP contribution in [0.3, 0.4) is 0 Å². The van der Waals surface area contributed by atoms with Gasteiger partial charge in [0.15, 0.2) is 0 Å². The molecule has 0 fully saturated rings. The molecule has 1 aromatic heterocycles. The maximum Gasteiger partial charge on any atom is 0.331 e. The highest BCUT2D eigenvalue weighted by atomic mass is 19.1. The lowest BCUT2D eigenvalue weighted by Gasteiger charge is -2.19. The lowest BCUT2D eigenvalue weighted by molar-refractivity contribution is 0.342. The molecule has 1 heterocycles. The summed E-state index contributed by atoms with van der Waals surface area (Å²) in [5, 5.41) is 9.69. The Morgan fingerprint density at radius 3 is 2.53 bits per heavy atom. The zero-order chi connectivity index (χ0) is 14.0. The van der Waals surface area contributed by atoms with Crippen LogP contribution in [0.4, 0.5) is 4.39 Å². The molecule has 2 aromatic rings. The number of aromatic hydroxyl groups is 1. The van der Waals surface area contributed by atoms with Crippen LogP contribution in [-0.2, 0) is 0 Å². The fourth-order valence-electron chi connectivity index (χ4n) is 2.05. The molecule has 0 saturated heterocycles. The third kappa shape index (κ3) is 2.29. The Labute approximate surface area is 108 Å². The Bertz CT molecular complexity index is 691. The summed E-state index contributed by atoms with van der Waals surface area (Å²) in [7, 11) is 0. The molecular weight excluding hydrogens is 251 g/mol. The maximum absolute atomic E-state index is 13.4. The fraction of sp³-hybridized carbons (Fsp3) is 0.231. The second-order valence-corrected chi connectivity index (χ2v) is 4.10. The standard InChI is InChI=1S/C13H13FN2O3/c1-2-9(8-6-4-3-5-7-8)16-12(18)10(14)11(17)15-13(16)19/h3-7,9,18H,2H2,1H3,(H,15,17,19). The van der Waals surface area contributed by atoms with Gasteiger partial charge in [0.25, 0.3) is 5.56 Å². The number of nitrogens with zero attached hydrogens (tertiary/aromatic N) is 1. The van der Waals surface area contributed by atoms with E-state index in [9.17, 15) is 19.1 Å². The SMILES string of the molecule is CCC(c1ccccc1)n1c(O)c(F)c(=O)[nH]c1=O. The first kappa shape index (κ1) is 13.1. The van der Waals surface area contributed by atoms with E-state index in [1.54, 1.807) is 31.2 Å². The van der Waals surface area contributed by atoms with Crippen molar-refractivity contribution in [2.75, 3.05) is 0 Å². The molecule has 1 atom stereocenters. The predicted molar refractivity (Wildman–Crippen MR) is 67.8 cm³/mol. The minimum Gasteiger partial charge on any atom is -0.492 e. The van der Waals surface area contributed by atoms with Gasteiger partial charge in [0.05, 0.1) is 6.04 Å². The topological polar surface area (TPSA) is 75.1 Å². The number of aromatic nitrogens is 2. The highest BCUT2D eigenvalue weighted by molar-refractivity contribution is 5.22. The molecular formula is C13H13FN2O3. The van der Waals surface area contributed by atoms with Gasteiger partial charge in [-0.2, -0.15) is 4.39 Å². The minimum absolute atomic E-state index is 0.461. The molecule has 0 bridgehead atoms. The predicted octanol–water partition coefficient (Wildman–Crippen LogP) is 1.38. The van der Waals surface area contributed by atoms with Crippen LogP contribution >= 0.6 is 0 Å². The Balaban J connectivity index is 2.67. The van der Waals surface area contributed by atoms with Crippen molar-refractivity contribution in [3.8, 4) is 5.88 Å². The Morgan fingerprint density at radius 1 is 1.32 bits per heavy atom. The molecule has 0 radical (unpaired) electrons. The number of rotatable bonds is 3. The highest BCUT2D eigenvalue weighted by Crippen LogP contribution is 2.24. The monoisotopic (exact) mass is 264 g/mol. The van der Waals surface area contributed by atoms with E-state index >= 15 is 0 Å². The molecule has 19 heavy (non-hydrogen) atoms. The first-order valence-electron chi connectivity index (χ1n) is 5.84. The van der Waals surface area contributed by atoms with E-state index in [-0.39, 0.29) is 0 Å². The normalized spacial score (nSPS) is 12.3. The molecule has 1 aromatic carbocycles. The molecule has 1 unspecified atom stereocenters. The second-order valence-electron chi connectivity index (χ2n) is 4.10. The average molecular weight is 264 g/mol. The van der Waals surface area contributed by atoms with Crippen LogP contribution in [0.1, 0.15) is 24.9 Å².